The van der Waals surface area contributed by atoms with Gasteiger partial charge in [-0.25, -0.2) is 8.42 Å². The van der Waals surface area contributed by atoms with Gasteiger partial charge in [0.2, 0.25) is 10.0 Å². The second kappa shape index (κ2) is 6.65. The van der Waals surface area contributed by atoms with E-state index in [-0.39, 0.29) is 6.54 Å². The zero-order valence-electron chi connectivity index (χ0n) is 12.7. The minimum Gasteiger partial charge on any atom is -0.349 e. The lowest BCUT2D eigenvalue weighted by atomic mass is 10.4. The Morgan fingerprint density at radius 3 is 2.81 bits per heavy atom. The van der Waals surface area contributed by atoms with Crippen LogP contribution in [0.5, 0.6) is 0 Å². The van der Waals surface area contributed by atoms with E-state index in [0.717, 1.165) is 18.7 Å². The monoisotopic (exact) mass is 309 g/mol. The zero-order valence-corrected chi connectivity index (χ0v) is 13.5. The van der Waals surface area contributed by atoms with Crippen LogP contribution in [0.15, 0.2) is 17.2 Å². The van der Waals surface area contributed by atoms with Gasteiger partial charge in [0.1, 0.15) is 4.90 Å². The Labute approximate surface area is 127 Å². The number of nitrogens with zero attached hydrogens (tertiary/aromatic N) is 2. The molecule has 6 heteroatoms. The number of sulfonamides is 1. The fraction of sp³-hybridized carbons (Fsp3) is 0.600. The number of hydrogen-bond acceptors (Lipinski definition) is 3. The highest BCUT2D eigenvalue weighted by molar-refractivity contribution is 7.89. The molecule has 1 aliphatic carbocycles. The molecule has 0 amide bonds. The molecule has 0 aliphatic heterocycles. The molecule has 1 heterocycles. The Bertz CT molecular complexity index is 624. The summed E-state index contributed by atoms with van der Waals surface area (Å²) in [5.41, 5.74) is 1.01. The standard InChI is InChI=1S/C15H23N3O2S/c1-4-8-17(3)21(19,20)15-10-14(11-16-13-6-7-13)18(12-15)9-5-2/h1,10,12-13,16H,5-9,11H2,2-3H3. The summed E-state index contributed by atoms with van der Waals surface area (Å²) in [6.07, 6.45) is 10.3. The quantitative estimate of drug-likeness (QED) is 0.739. The van der Waals surface area contributed by atoms with Crippen LogP contribution >= 0.6 is 0 Å². The summed E-state index contributed by atoms with van der Waals surface area (Å²) in [7, 11) is -1.99. The van der Waals surface area contributed by atoms with Gasteiger partial charge < -0.3 is 9.88 Å². The Balaban J connectivity index is 2.22. The molecule has 0 unspecified atom stereocenters. The molecular formula is C15H23N3O2S. The van der Waals surface area contributed by atoms with Crippen LogP contribution < -0.4 is 5.32 Å². The smallest absolute Gasteiger partial charge is 0.245 e. The molecule has 116 valence electrons. The molecule has 1 saturated carbocycles. The largest absolute Gasteiger partial charge is 0.349 e. The van der Waals surface area contributed by atoms with Crippen molar-refractivity contribution >= 4 is 10.0 Å². The third kappa shape index (κ3) is 3.88. The van der Waals surface area contributed by atoms with Crippen LogP contribution in [0.25, 0.3) is 0 Å². The van der Waals surface area contributed by atoms with E-state index in [1.165, 1.54) is 24.2 Å². The van der Waals surface area contributed by atoms with E-state index in [0.29, 0.717) is 17.5 Å². The summed E-state index contributed by atoms with van der Waals surface area (Å²) in [4.78, 5) is 0.321. The van der Waals surface area contributed by atoms with Gasteiger partial charge in [-0.2, -0.15) is 4.31 Å². The minimum absolute atomic E-state index is 0.0803. The van der Waals surface area contributed by atoms with Crippen LogP contribution in [0.4, 0.5) is 0 Å². The van der Waals surface area contributed by atoms with Gasteiger partial charge in [-0.15, -0.1) is 6.42 Å². The molecule has 1 aliphatic rings. The molecule has 0 saturated heterocycles. The van der Waals surface area contributed by atoms with Crippen LogP contribution in [0.1, 0.15) is 31.9 Å². The van der Waals surface area contributed by atoms with Crippen molar-refractivity contribution in [3.8, 4) is 12.3 Å². The van der Waals surface area contributed by atoms with Crippen molar-refractivity contribution in [3.05, 3.63) is 18.0 Å². The second-order valence-corrected chi connectivity index (χ2v) is 7.53. The van der Waals surface area contributed by atoms with E-state index in [1.807, 2.05) is 4.57 Å². The molecule has 5 nitrogen and oxygen atoms in total. The fourth-order valence-corrected chi connectivity index (χ4v) is 3.34. The number of aryl methyl sites for hydroxylation is 1. The first-order chi connectivity index (χ1) is 9.98. The van der Waals surface area contributed by atoms with Gasteiger partial charge in [0.15, 0.2) is 0 Å². The average Bonchev–Trinajstić information content (AvgIpc) is 3.18. The van der Waals surface area contributed by atoms with Crippen LogP contribution in [0.2, 0.25) is 0 Å². The zero-order chi connectivity index (χ0) is 15.5. The maximum Gasteiger partial charge on any atom is 0.245 e. The van der Waals surface area contributed by atoms with Crippen LogP contribution in [-0.4, -0.2) is 36.9 Å². The van der Waals surface area contributed by atoms with Crippen molar-refractivity contribution in [2.24, 2.45) is 0 Å². The van der Waals surface area contributed by atoms with E-state index < -0.39 is 10.0 Å². The maximum absolute atomic E-state index is 12.4. The Kier molecular flexibility index (Phi) is 5.09. The van der Waals surface area contributed by atoms with Gasteiger partial charge >= 0.3 is 0 Å². The first kappa shape index (κ1) is 16.1. The third-order valence-electron chi connectivity index (χ3n) is 3.60. The van der Waals surface area contributed by atoms with Crippen LogP contribution in [0, 0.1) is 12.3 Å². The lowest BCUT2D eigenvalue weighted by Crippen LogP contribution is -2.26. The van der Waals surface area contributed by atoms with E-state index in [4.69, 9.17) is 6.42 Å². The van der Waals surface area contributed by atoms with Gasteiger partial charge in [-0.3, -0.25) is 0 Å². The molecular weight excluding hydrogens is 286 g/mol. The van der Waals surface area contributed by atoms with Gasteiger partial charge in [0.25, 0.3) is 0 Å². The molecule has 1 aromatic rings. The van der Waals surface area contributed by atoms with Crippen LogP contribution in [0.3, 0.4) is 0 Å². The Hall–Kier alpha value is -1.29. The van der Waals surface area contributed by atoms with Gasteiger partial charge in [0, 0.05) is 38.1 Å². The van der Waals surface area contributed by atoms with Crippen molar-refractivity contribution < 1.29 is 8.42 Å². The van der Waals surface area contributed by atoms with E-state index in [2.05, 4.69) is 18.2 Å². The molecule has 0 radical (unpaired) electrons. The molecule has 21 heavy (non-hydrogen) atoms. The highest BCUT2D eigenvalue weighted by Crippen LogP contribution is 2.22. The topological polar surface area (TPSA) is 54.3 Å². The Morgan fingerprint density at radius 2 is 2.24 bits per heavy atom. The normalized spacial score (nSPS) is 15.3. The molecule has 0 aromatic carbocycles. The number of aromatic nitrogens is 1. The summed E-state index contributed by atoms with van der Waals surface area (Å²) < 4.78 is 28.1. The summed E-state index contributed by atoms with van der Waals surface area (Å²) in [5, 5.41) is 3.43. The fourth-order valence-electron chi connectivity index (χ4n) is 2.19. The molecule has 0 atom stereocenters. The van der Waals surface area contributed by atoms with Gasteiger partial charge in [-0.05, 0) is 25.3 Å². The summed E-state index contributed by atoms with van der Waals surface area (Å²) in [5.74, 6) is 2.37. The predicted molar refractivity (Wildman–Crippen MR) is 83.2 cm³/mol. The van der Waals surface area contributed by atoms with Crippen molar-refractivity contribution in [3.63, 3.8) is 0 Å². The lowest BCUT2D eigenvalue weighted by Gasteiger charge is -2.12. The van der Waals surface area contributed by atoms with Gasteiger partial charge in [-0.1, -0.05) is 12.8 Å². The van der Waals surface area contributed by atoms with Crippen molar-refractivity contribution in [1.29, 1.82) is 0 Å². The van der Waals surface area contributed by atoms with Crippen molar-refractivity contribution in [1.82, 2.24) is 14.2 Å². The first-order valence-corrected chi connectivity index (χ1v) is 8.75. The molecule has 0 bridgehead atoms. The molecule has 1 fully saturated rings. The van der Waals surface area contributed by atoms with Crippen molar-refractivity contribution in [2.45, 2.75) is 50.2 Å². The SMILES string of the molecule is C#CCN(C)S(=O)(=O)c1cc(CNC2CC2)n(CCC)c1. The second-order valence-electron chi connectivity index (χ2n) is 5.48. The number of nitrogens with one attached hydrogen (secondary N) is 1. The molecule has 0 spiro atoms. The maximum atomic E-state index is 12.4. The molecule has 1 aromatic heterocycles. The highest BCUT2D eigenvalue weighted by Gasteiger charge is 2.24. The minimum atomic E-state index is -3.50. The van der Waals surface area contributed by atoms with Gasteiger partial charge in [0.05, 0.1) is 6.54 Å². The number of terminal acetylenes is 1. The summed E-state index contributed by atoms with van der Waals surface area (Å²) in [6.45, 7) is 3.68. The number of hydrogen-bond donors (Lipinski definition) is 1. The number of rotatable bonds is 8. The first-order valence-electron chi connectivity index (χ1n) is 7.31. The Morgan fingerprint density at radius 1 is 1.52 bits per heavy atom. The van der Waals surface area contributed by atoms with Crippen molar-refractivity contribution in [2.75, 3.05) is 13.6 Å². The van der Waals surface area contributed by atoms with Crippen LogP contribution in [-0.2, 0) is 23.1 Å². The predicted octanol–water partition coefficient (Wildman–Crippen LogP) is 1.40. The third-order valence-corrected chi connectivity index (χ3v) is 5.37. The summed E-state index contributed by atoms with van der Waals surface area (Å²) in [6, 6.07) is 2.35. The summed E-state index contributed by atoms with van der Waals surface area (Å²) >= 11 is 0. The van der Waals surface area contributed by atoms with E-state index in [1.54, 1.807) is 12.3 Å². The van der Waals surface area contributed by atoms with E-state index >= 15 is 0 Å². The highest BCUT2D eigenvalue weighted by atomic mass is 32.2. The average molecular weight is 309 g/mol. The molecule has 2 rings (SSSR count). The molecule has 1 N–H and O–H groups in total. The lowest BCUT2D eigenvalue weighted by molar-refractivity contribution is 0.502. The van der Waals surface area contributed by atoms with E-state index in [9.17, 15) is 8.42 Å².